The SMILES string of the molecule is C=CN1C(c2ccccc2)NNC1c1ccccc1. The van der Waals surface area contributed by atoms with E-state index < -0.39 is 0 Å². The van der Waals surface area contributed by atoms with Crippen LogP contribution in [-0.2, 0) is 0 Å². The van der Waals surface area contributed by atoms with E-state index in [1.54, 1.807) is 0 Å². The van der Waals surface area contributed by atoms with E-state index in [1.807, 2.05) is 42.6 Å². The molecule has 1 heterocycles. The fourth-order valence-corrected chi connectivity index (χ4v) is 2.45. The Labute approximate surface area is 113 Å². The van der Waals surface area contributed by atoms with Crippen molar-refractivity contribution in [3.05, 3.63) is 84.6 Å². The van der Waals surface area contributed by atoms with Crippen LogP contribution in [0.25, 0.3) is 0 Å². The zero-order valence-corrected chi connectivity index (χ0v) is 10.7. The summed E-state index contributed by atoms with van der Waals surface area (Å²) < 4.78 is 0. The molecule has 0 aromatic heterocycles. The highest BCUT2D eigenvalue weighted by atomic mass is 15.6. The summed E-state index contributed by atoms with van der Waals surface area (Å²) in [5, 5.41) is 0. The second-order valence-electron chi connectivity index (χ2n) is 4.54. The van der Waals surface area contributed by atoms with E-state index in [2.05, 4.69) is 46.6 Å². The smallest absolute Gasteiger partial charge is 0.119 e. The summed E-state index contributed by atoms with van der Waals surface area (Å²) in [4.78, 5) is 2.19. The summed E-state index contributed by atoms with van der Waals surface area (Å²) >= 11 is 0. The third-order valence-electron chi connectivity index (χ3n) is 3.39. The van der Waals surface area contributed by atoms with Gasteiger partial charge in [-0.1, -0.05) is 67.2 Å². The normalized spacial score (nSPS) is 22.4. The lowest BCUT2D eigenvalue weighted by atomic mass is 10.1. The first-order valence-corrected chi connectivity index (χ1v) is 6.41. The average Bonchev–Trinajstić information content (AvgIpc) is 2.93. The zero-order chi connectivity index (χ0) is 13.1. The highest BCUT2D eigenvalue weighted by Gasteiger charge is 2.31. The molecule has 2 N–H and O–H groups in total. The zero-order valence-electron chi connectivity index (χ0n) is 10.7. The van der Waals surface area contributed by atoms with Gasteiger partial charge < -0.3 is 4.90 Å². The Morgan fingerprint density at radius 2 is 1.21 bits per heavy atom. The number of hydrogen-bond donors (Lipinski definition) is 2. The predicted octanol–water partition coefficient (Wildman–Crippen LogP) is 2.94. The van der Waals surface area contributed by atoms with Crippen molar-refractivity contribution in [2.45, 2.75) is 12.3 Å². The van der Waals surface area contributed by atoms with E-state index in [1.165, 1.54) is 11.1 Å². The Balaban J connectivity index is 1.89. The maximum Gasteiger partial charge on any atom is 0.119 e. The third-order valence-corrected chi connectivity index (χ3v) is 3.39. The quantitative estimate of drug-likeness (QED) is 0.878. The molecule has 96 valence electrons. The molecule has 2 aromatic carbocycles. The number of nitrogens with one attached hydrogen (secondary N) is 2. The van der Waals surface area contributed by atoms with Gasteiger partial charge in [0.25, 0.3) is 0 Å². The summed E-state index contributed by atoms with van der Waals surface area (Å²) in [6.07, 6.45) is 2.08. The minimum Gasteiger partial charge on any atom is -0.337 e. The van der Waals surface area contributed by atoms with Crippen LogP contribution in [0.3, 0.4) is 0 Å². The molecular formula is C16H17N3. The molecule has 1 aliphatic heterocycles. The van der Waals surface area contributed by atoms with E-state index in [-0.39, 0.29) is 12.3 Å². The molecule has 0 radical (unpaired) electrons. The standard InChI is InChI=1S/C16H17N3/c1-2-19-15(13-9-5-3-6-10-13)17-18-16(19)14-11-7-4-8-12-14/h2-12,15-18H,1H2. The Morgan fingerprint density at radius 1 is 0.789 bits per heavy atom. The molecule has 0 aliphatic carbocycles. The van der Waals surface area contributed by atoms with Crippen LogP contribution >= 0.6 is 0 Å². The summed E-state index contributed by atoms with van der Waals surface area (Å²) in [7, 11) is 0. The van der Waals surface area contributed by atoms with Crippen molar-refractivity contribution < 1.29 is 0 Å². The monoisotopic (exact) mass is 251 g/mol. The van der Waals surface area contributed by atoms with E-state index >= 15 is 0 Å². The Kier molecular flexibility index (Phi) is 3.31. The second kappa shape index (κ2) is 5.26. The van der Waals surface area contributed by atoms with Gasteiger partial charge in [0.05, 0.1) is 0 Å². The first-order chi connectivity index (χ1) is 9.40. The largest absolute Gasteiger partial charge is 0.337 e. The highest BCUT2D eigenvalue weighted by Crippen LogP contribution is 2.31. The van der Waals surface area contributed by atoms with Crippen molar-refractivity contribution in [1.82, 2.24) is 15.8 Å². The predicted molar refractivity (Wildman–Crippen MR) is 76.7 cm³/mol. The summed E-state index contributed by atoms with van der Waals surface area (Å²) in [6.45, 7) is 3.94. The van der Waals surface area contributed by atoms with E-state index in [9.17, 15) is 0 Å². The van der Waals surface area contributed by atoms with Crippen LogP contribution in [0.2, 0.25) is 0 Å². The fourth-order valence-electron chi connectivity index (χ4n) is 2.45. The van der Waals surface area contributed by atoms with Gasteiger partial charge in [-0.05, 0) is 17.3 Å². The van der Waals surface area contributed by atoms with Crippen molar-refractivity contribution in [1.29, 1.82) is 0 Å². The Bertz CT molecular complexity index is 491. The van der Waals surface area contributed by atoms with E-state index in [0.29, 0.717) is 0 Å². The van der Waals surface area contributed by atoms with Crippen molar-refractivity contribution in [3.8, 4) is 0 Å². The van der Waals surface area contributed by atoms with Crippen LogP contribution < -0.4 is 10.9 Å². The molecular weight excluding hydrogens is 234 g/mol. The van der Waals surface area contributed by atoms with Gasteiger partial charge in [0, 0.05) is 0 Å². The van der Waals surface area contributed by atoms with E-state index in [0.717, 1.165) is 0 Å². The fraction of sp³-hybridized carbons (Fsp3) is 0.125. The van der Waals surface area contributed by atoms with Gasteiger partial charge in [0.1, 0.15) is 12.3 Å². The number of hydrogen-bond acceptors (Lipinski definition) is 3. The van der Waals surface area contributed by atoms with Crippen molar-refractivity contribution in [2.24, 2.45) is 0 Å². The molecule has 1 saturated heterocycles. The van der Waals surface area contributed by atoms with Crippen LogP contribution in [-0.4, -0.2) is 4.90 Å². The van der Waals surface area contributed by atoms with Gasteiger partial charge in [-0.3, -0.25) is 0 Å². The lowest BCUT2D eigenvalue weighted by molar-refractivity contribution is 0.271. The molecule has 0 amide bonds. The minimum absolute atomic E-state index is 0.101. The van der Waals surface area contributed by atoms with Gasteiger partial charge in [-0.2, -0.15) is 0 Å². The molecule has 0 saturated carbocycles. The van der Waals surface area contributed by atoms with Crippen molar-refractivity contribution in [3.63, 3.8) is 0 Å². The number of rotatable bonds is 3. The molecule has 19 heavy (non-hydrogen) atoms. The minimum atomic E-state index is 0.101. The maximum atomic E-state index is 3.94. The summed E-state index contributed by atoms with van der Waals surface area (Å²) in [5.41, 5.74) is 9.09. The van der Waals surface area contributed by atoms with Crippen LogP contribution in [0.1, 0.15) is 23.5 Å². The average molecular weight is 251 g/mol. The topological polar surface area (TPSA) is 27.3 Å². The molecule has 0 bridgehead atoms. The molecule has 0 spiro atoms. The molecule has 3 nitrogen and oxygen atoms in total. The molecule has 2 aromatic rings. The molecule has 1 aliphatic rings. The number of nitrogens with zero attached hydrogens (tertiary/aromatic N) is 1. The van der Waals surface area contributed by atoms with E-state index in [4.69, 9.17) is 0 Å². The maximum absolute atomic E-state index is 3.94. The van der Waals surface area contributed by atoms with Crippen LogP contribution in [0.5, 0.6) is 0 Å². The van der Waals surface area contributed by atoms with Crippen LogP contribution in [0.4, 0.5) is 0 Å². The lowest BCUT2D eigenvalue weighted by Gasteiger charge is -2.26. The van der Waals surface area contributed by atoms with Gasteiger partial charge in [-0.25, -0.2) is 10.9 Å². The second-order valence-corrected chi connectivity index (χ2v) is 4.54. The summed E-state index contributed by atoms with van der Waals surface area (Å²) in [6, 6.07) is 20.7. The van der Waals surface area contributed by atoms with Gasteiger partial charge in [0.15, 0.2) is 0 Å². The summed E-state index contributed by atoms with van der Waals surface area (Å²) in [5.74, 6) is 0. The molecule has 3 heteroatoms. The van der Waals surface area contributed by atoms with Gasteiger partial charge in [-0.15, -0.1) is 0 Å². The molecule has 3 rings (SSSR count). The Morgan fingerprint density at radius 3 is 1.58 bits per heavy atom. The molecule has 2 atom stereocenters. The number of hydrazine groups is 1. The van der Waals surface area contributed by atoms with Crippen LogP contribution in [0, 0.1) is 0 Å². The van der Waals surface area contributed by atoms with Crippen LogP contribution in [0.15, 0.2) is 73.4 Å². The Hall–Kier alpha value is -2.10. The molecule has 1 fully saturated rings. The van der Waals surface area contributed by atoms with Crippen molar-refractivity contribution in [2.75, 3.05) is 0 Å². The van der Waals surface area contributed by atoms with Crippen molar-refractivity contribution >= 4 is 0 Å². The highest BCUT2D eigenvalue weighted by molar-refractivity contribution is 5.24. The molecule has 2 unspecified atom stereocenters. The van der Waals surface area contributed by atoms with Gasteiger partial charge in [0.2, 0.25) is 0 Å². The number of benzene rings is 2. The van der Waals surface area contributed by atoms with Gasteiger partial charge >= 0.3 is 0 Å². The third kappa shape index (κ3) is 2.26. The lowest BCUT2D eigenvalue weighted by Crippen LogP contribution is -2.26. The first kappa shape index (κ1) is 12.0. The first-order valence-electron chi connectivity index (χ1n) is 6.41.